The zero-order chi connectivity index (χ0) is 20.6. The Balaban J connectivity index is 1.37. The van der Waals surface area contributed by atoms with Gasteiger partial charge >= 0.3 is 11.8 Å². The van der Waals surface area contributed by atoms with Gasteiger partial charge in [0.1, 0.15) is 0 Å². The van der Waals surface area contributed by atoms with Gasteiger partial charge in [0.05, 0.1) is 0 Å². The molecule has 2 amide bonds. The molecule has 1 aromatic heterocycles. The van der Waals surface area contributed by atoms with Crippen molar-refractivity contribution in [2.45, 2.75) is 39.2 Å². The molecule has 0 radical (unpaired) electrons. The predicted octanol–water partition coefficient (Wildman–Crippen LogP) is 3.17. The number of nitrogens with zero attached hydrogens (tertiary/aromatic N) is 2. The molecule has 0 saturated carbocycles. The third-order valence-corrected chi connectivity index (χ3v) is 5.46. The highest BCUT2D eigenvalue weighted by Crippen LogP contribution is 2.19. The molecule has 6 nitrogen and oxygen atoms in total. The van der Waals surface area contributed by atoms with E-state index < -0.39 is 11.8 Å². The van der Waals surface area contributed by atoms with Crippen molar-refractivity contribution < 1.29 is 9.59 Å². The number of pyridine rings is 1. The number of rotatable bonds is 6. The molecule has 2 heterocycles. The predicted molar refractivity (Wildman–Crippen MR) is 114 cm³/mol. The lowest BCUT2D eigenvalue weighted by atomic mass is 9.96. The third kappa shape index (κ3) is 6.39. The molecule has 29 heavy (non-hydrogen) atoms. The van der Waals surface area contributed by atoms with E-state index in [0.717, 1.165) is 32.5 Å². The van der Waals surface area contributed by atoms with Crippen LogP contribution in [0.3, 0.4) is 0 Å². The van der Waals surface area contributed by atoms with Crippen molar-refractivity contribution in [2.24, 2.45) is 5.92 Å². The first-order chi connectivity index (χ1) is 14.0. The quantitative estimate of drug-likeness (QED) is 0.738. The van der Waals surface area contributed by atoms with Crippen LogP contribution in [0.1, 0.15) is 43.7 Å². The third-order valence-electron chi connectivity index (χ3n) is 5.46. The highest BCUT2D eigenvalue weighted by Gasteiger charge is 2.21. The molecule has 0 spiro atoms. The summed E-state index contributed by atoms with van der Waals surface area (Å²) in [7, 11) is 0. The van der Waals surface area contributed by atoms with Crippen LogP contribution in [-0.2, 0) is 16.1 Å². The first-order valence-corrected chi connectivity index (χ1v) is 10.3. The van der Waals surface area contributed by atoms with Crippen molar-refractivity contribution in [3.05, 3.63) is 59.9 Å². The molecule has 6 heteroatoms. The van der Waals surface area contributed by atoms with Crippen molar-refractivity contribution >= 4 is 17.5 Å². The summed E-state index contributed by atoms with van der Waals surface area (Å²) >= 11 is 0. The van der Waals surface area contributed by atoms with Gasteiger partial charge in [-0.05, 0) is 73.2 Å². The van der Waals surface area contributed by atoms with Crippen LogP contribution in [0.15, 0.2) is 48.8 Å². The summed E-state index contributed by atoms with van der Waals surface area (Å²) in [5, 5.41) is 5.45. The van der Waals surface area contributed by atoms with Gasteiger partial charge in [0.25, 0.3) is 0 Å². The maximum atomic E-state index is 12.1. The highest BCUT2D eigenvalue weighted by molar-refractivity contribution is 6.39. The molecular formula is C23H30N4O2. The molecule has 154 valence electrons. The summed E-state index contributed by atoms with van der Waals surface area (Å²) in [5.74, 6) is -0.348. The molecule has 2 N–H and O–H groups in total. The van der Waals surface area contributed by atoms with Gasteiger partial charge in [-0.15, -0.1) is 0 Å². The van der Waals surface area contributed by atoms with E-state index in [1.54, 1.807) is 0 Å². The molecule has 0 unspecified atom stereocenters. The average Bonchev–Trinajstić information content (AvgIpc) is 2.74. The van der Waals surface area contributed by atoms with E-state index >= 15 is 0 Å². The van der Waals surface area contributed by atoms with Crippen LogP contribution in [0.4, 0.5) is 5.69 Å². The minimum absolute atomic E-state index is 0.408. The molecule has 0 aliphatic carbocycles. The SMILES string of the molecule is CC(C)c1ccc(NC(=O)C(=O)NCC2CCN(Cc3ccncc3)CC2)cc1. The second-order valence-electron chi connectivity index (χ2n) is 8.02. The van der Waals surface area contributed by atoms with E-state index in [2.05, 4.69) is 34.4 Å². The molecule has 0 bridgehead atoms. The lowest BCUT2D eigenvalue weighted by Gasteiger charge is -2.32. The van der Waals surface area contributed by atoms with E-state index in [-0.39, 0.29) is 0 Å². The van der Waals surface area contributed by atoms with Crippen LogP contribution >= 0.6 is 0 Å². The van der Waals surface area contributed by atoms with Gasteiger partial charge in [0.2, 0.25) is 0 Å². The Labute approximate surface area is 172 Å². The molecule has 1 aromatic carbocycles. The molecule has 2 aromatic rings. The second kappa shape index (κ2) is 10.2. The molecule has 1 fully saturated rings. The fourth-order valence-corrected chi connectivity index (χ4v) is 3.55. The number of hydrogen-bond donors (Lipinski definition) is 2. The first kappa shape index (κ1) is 21.0. The van der Waals surface area contributed by atoms with Gasteiger partial charge in [0.15, 0.2) is 0 Å². The number of carbonyl (C=O) groups excluding carboxylic acids is 2. The van der Waals surface area contributed by atoms with Gasteiger partial charge < -0.3 is 10.6 Å². The number of benzene rings is 1. The fraction of sp³-hybridized carbons (Fsp3) is 0.435. The Bertz CT molecular complexity index is 797. The summed E-state index contributed by atoms with van der Waals surface area (Å²) in [4.78, 5) is 30.7. The topological polar surface area (TPSA) is 74.3 Å². The van der Waals surface area contributed by atoms with E-state index in [0.29, 0.717) is 24.1 Å². The largest absolute Gasteiger partial charge is 0.348 e. The average molecular weight is 395 g/mol. The van der Waals surface area contributed by atoms with Crippen molar-refractivity contribution in [1.82, 2.24) is 15.2 Å². The summed E-state index contributed by atoms with van der Waals surface area (Å²) in [5.41, 5.74) is 3.10. The summed E-state index contributed by atoms with van der Waals surface area (Å²) in [6.45, 7) is 7.70. The zero-order valence-electron chi connectivity index (χ0n) is 17.2. The lowest BCUT2D eigenvalue weighted by Crippen LogP contribution is -2.41. The number of amides is 2. The number of aromatic nitrogens is 1. The number of likely N-dealkylation sites (tertiary alicyclic amines) is 1. The minimum Gasteiger partial charge on any atom is -0.348 e. The summed E-state index contributed by atoms with van der Waals surface area (Å²) < 4.78 is 0. The number of anilines is 1. The maximum absolute atomic E-state index is 12.1. The van der Waals surface area contributed by atoms with Gasteiger partial charge in [-0.3, -0.25) is 19.5 Å². The van der Waals surface area contributed by atoms with Crippen molar-refractivity contribution in [3.8, 4) is 0 Å². The smallest absolute Gasteiger partial charge is 0.313 e. The van der Waals surface area contributed by atoms with E-state index in [1.807, 2.05) is 48.8 Å². The molecule has 0 atom stereocenters. The van der Waals surface area contributed by atoms with E-state index in [9.17, 15) is 9.59 Å². The number of carbonyl (C=O) groups is 2. The lowest BCUT2D eigenvalue weighted by molar-refractivity contribution is -0.136. The molecule has 1 aliphatic heterocycles. The standard InChI is InChI=1S/C23H30N4O2/c1-17(2)20-3-5-21(6-4-20)26-23(29)22(28)25-15-18-9-13-27(14-10-18)16-19-7-11-24-12-8-19/h3-8,11-12,17-18H,9-10,13-16H2,1-2H3,(H,25,28)(H,26,29). The number of piperidine rings is 1. The van der Waals surface area contributed by atoms with Crippen LogP contribution in [-0.4, -0.2) is 41.3 Å². The summed E-state index contributed by atoms with van der Waals surface area (Å²) in [6.07, 6.45) is 5.68. The zero-order valence-corrected chi connectivity index (χ0v) is 17.2. The van der Waals surface area contributed by atoms with E-state index in [1.165, 1.54) is 11.1 Å². The Morgan fingerprint density at radius 2 is 1.69 bits per heavy atom. The van der Waals surface area contributed by atoms with Gasteiger partial charge in [-0.25, -0.2) is 0 Å². The Morgan fingerprint density at radius 1 is 1.03 bits per heavy atom. The monoisotopic (exact) mass is 394 g/mol. The van der Waals surface area contributed by atoms with Crippen LogP contribution in [0.25, 0.3) is 0 Å². The van der Waals surface area contributed by atoms with Gasteiger partial charge in [0, 0.05) is 31.2 Å². The van der Waals surface area contributed by atoms with Crippen LogP contribution in [0.2, 0.25) is 0 Å². The molecular weight excluding hydrogens is 364 g/mol. The molecule has 1 aliphatic rings. The van der Waals surface area contributed by atoms with Crippen molar-refractivity contribution in [3.63, 3.8) is 0 Å². The maximum Gasteiger partial charge on any atom is 0.313 e. The molecule has 3 rings (SSSR count). The number of hydrogen-bond acceptors (Lipinski definition) is 4. The van der Waals surface area contributed by atoms with Crippen LogP contribution in [0.5, 0.6) is 0 Å². The Kier molecular flexibility index (Phi) is 7.36. The van der Waals surface area contributed by atoms with Crippen LogP contribution < -0.4 is 10.6 Å². The second-order valence-corrected chi connectivity index (χ2v) is 8.02. The van der Waals surface area contributed by atoms with E-state index in [4.69, 9.17) is 0 Å². The minimum atomic E-state index is -0.614. The number of nitrogens with one attached hydrogen (secondary N) is 2. The Morgan fingerprint density at radius 3 is 2.31 bits per heavy atom. The van der Waals surface area contributed by atoms with Gasteiger partial charge in [-0.1, -0.05) is 26.0 Å². The normalized spacial score (nSPS) is 15.3. The highest BCUT2D eigenvalue weighted by atomic mass is 16.2. The Hall–Kier alpha value is -2.73. The van der Waals surface area contributed by atoms with Crippen LogP contribution in [0, 0.1) is 5.92 Å². The fourth-order valence-electron chi connectivity index (χ4n) is 3.55. The summed E-state index contributed by atoms with van der Waals surface area (Å²) in [6, 6.07) is 11.7. The first-order valence-electron chi connectivity index (χ1n) is 10.3. The van der Waals surface area contributed by atoms with Gasteiger partial charge in [-0.2, -0.15) is 0 Å². The van der Waals surface area contributed by atoms with Crippen molar-refractivity contribution in [1.29, 1.82) is 0 Å². The van der Waals surface area contributed by atoms with Crippen molar-refractivity contribution in [2.75, 3.05) is 25.0 Å². The molecule has 1 saturated heterocycles.